The Labute approximate surface area is 136 Å². The number of hydrogen-bond donors (Lipinski definition) is 1. The number of fused-ring (bicyclic) bond motifs is 1. The van der Waals surface area contributed by atoms with E-state index in [1.54, 1.807) is 4.68 Å². The minimum atomic E-state index is 0.699. The lowest BCUT2D eigenvalue weighted by atomic mass is 10.2. The molecule has 1 N–H and O–H groups in total. The molecule has 0 aliphatic carbocycles. The molecule has 0 fully saturated rings. The molecule has 6 heteroatoms. The van der Waals surface area contributed by atoms with Gasteiger partial charge in [0.2, 0.25) is 0 Å². The van der Waals surface area contributed by atoms with Gasteiger partial charge < -0.3 is 5.32 Å². The smallest absolute Gasteiger partial charge is 0.157 e. The SMILES string of the molecule is Cc1nn(C)c2ncc(NCc3ccc(Cl)cc3Br)cc12. The molecule has 0 saturated heterocycles. The summed E-state index contributed by atoms with van der Waals surface area (Å²) in [4.78, 5) is 4.46. The van der Waals surface area contributed by atoms with E-state index in [1.807, 2.05) is 38.4 Å². The van der Waals surface area contributed by atoms with Crippen LogP contribution in [0.2, 0.25) is 5.02 Å². The first-order valence-corrected chi connectivity index (χ1v) is 7.69. The van der Waals surface area contributed by atoms with Gasteiger partial charge in [-0.1, -0.05) is 33.6 Å². The fourth-order valence-electron chi connectivity index (χ4n) is 2.27. The molecular weight excluding hydrogens is 352 g/mol. The average molecular weight is 366 g/mol. The van der Waals surface area contributed by atoms with Crippen molar-refractivity contribution in [1.82, 2.24) is 14.8 Å². The van der Waals surface area contributed by atoms with Gasteiger partial charge >= 0.3 is 0 Å². The van der Waals surface area contributed by atoms with E-state index in [-0.39, 0.29) is 0 Å². The molecule has 0 atom stereocenters. The van der Waals surface area contributed by atoms with Crippen LogP contribution in [0.4, 0.5) is 5.69 Å². The summed E-state index contributed by atoms with van der Waals surface area (Å²) >= 11 is 9.47. The number of nitrogens with one attached hydrogen (secondary N) is 1. The number of pyridine rings is 1. The van der Waals surface area contributed by atoms with Crippen molar-refractivity contribution in [2.24, 2.45) is 7.05 Å². The first kappa shape index (κ1) is 14.4. The van der Waals surface area contributed by atoms with Crippen LogP contribution in [0.1, 0.15) is 11.3 Å². The maximum Gasteiger partial charge on any atom is 0.157 e. The van der Waals surface area contributed by atoms with Crippen LogP contribution < -0.4 is 5.32 Å². The van der Waals surface area contributed by atoms with Crippen LogP contribution >= 0.6 is 27.5 Å². The molecular formula is C15H14BrClN4. The number of halogens is 2. The van der Waals surface area contributed by atoms with Crippen molar-refractivity contribution in [2.45, 2.75) is 13.5 Å². The first-order valence-electron chi connectivity index (χ1n) is 6.52. The zero-order chi connectivity index (χ0) is 15.0. The van der Waals surface area contributed by atoms with Crippen LogP contribution in [0.15, 0.2) is 34.9 Å². The summed E-state index contributed by atoms with van der Waals surface area (Å²) in [6.07, 6.45) is 1.83. The van der Waals surface area contributed by atoms with Gasteiger partial charge in [-0.3, -0.25) is 4.68 Å². The van der Waals surface area contributed by atoms with Crippen LogP contribution in [0.3, 0.4) is 0 Å². The average Bonchev–Trinajstić information content (AvgIpc) is 2.73. The highest BCUT2D eigenvalue weighted by Crippen LogP contribution is 2.23. The van der Waals surface area contributed by atoms with Gasteiger partial charge in [-0.2, -0.15) is 5.10 Å². The van der Waals surface area contributed by atoms with Gasteiger partial charge in [0.05, 0.1) is 17.6 Å². The predicted molar refractivity (Wildman–Crippen MR) is 89.7 cm³/mol. The fourth-order valence-corrected chi connectivity index (χ4v) is 3.09. The second-order valence-electron chi connectivity index (χ2n) is 4.89. The lowest BCUT2D eigenvalue weighted by Crippen LogP contribution is -2.01. The van der Waals surface area contributed by atoms with E-state index in [4.69, 9.17) is 11.6 Å². The molecule has 0 bridgehead atoms. The minimum absolute atomic E-state index is 0.699. The van der Waals surface area contributed by atoms with Crippen LogP contribution in [-0.4, -0.2) is 14.8 Å². The van der Waals surface area contributed by atoms with Gasteiger partial charge in [0.1, 0.15) is 0 Å². The molecule has 0 aliphatic heterocycles. The number of benzene rings is 1. The standard InChI is InChI=1S/C15H14BrClN4/c1-9-13-6-12(8-19-15(13)21(2)20-9)18-7-10-3-4-11(17)5-14(10)16/h3-6,8,18H,7H2,1-2H3. The van der Waals surface area contributed by atoms with E-state index >= 15 is 0 Å². The number of aromatic nitrogens is 3. The molecule has 0 radical (unpaired) electrons. The van der Waals surface area contributed by atoms with Crippen molar-refractivity contribution in [1.29, 1.82) is 0 Å². The Morgan fingerprint density at radius 1 is 1.33 bits per heavy atom. The molecule has 108 valence electrons. The second kappa shape index (κ2) is 5.66. The van der Waals surface area contributed by atoms with Crippen molar-refractivity contribution < 1.29 is 0 Å². The van der Waals surface area contributed by atoms with Crippen molar-refractivity contribution in [3.63, 3.8) is 0 Å². The van der Waals surface area contributed by atoms with Crippen LogP contribution in [0.25, 0.3) is 11.0 Å². The summed E-state index contributed by atoms with van der Waals surface area (Å²) in [6.45, 7) is 2.69. The molecule has 3 rings (SSSR count). The van der Waals surface area contributed by atoms with Gasteiger partial charge in [0, 0.05) is 28.5 Å². The van der Waals surface area contributed by atoms with Gasteiger partial charge in [0.25, 0.3) is 0 Å². The van der Waals surface area contributed by atoms with Gasteiger partial charge in [-0.05, 0) is 30.7 Å². The molecule has 0 saturated carbocycles. The highest BCUT2D eigenvalue weighted by Gasteiger charge is 2.07. The Morgan fingerprint density at radius 3 is 2.90 bits per heavy atom. The van der Waals surface area contributed by atoms with Crippen LogP contribution in [0, 0.1) is 6.92 Å². The third-order valence-corrected chi connectivity index (χ3v) is 4.33. The third kappa shape index (κ3) is 2.89. The lowest BCUT2D eigenvalue weighted by molar-refractivity contribution is 0.774. The van der Waals surface area contributed by atoms with Gasteiger partial charge in [0.15, 0.2) is 5.65 Å². The molecule has 3 aromatic rings. The normalized spacial score (nSPS) is 11.0. The first-order chi connectivity index (χ1) is 10.0. The third-order valence-electron chi connectivity index (χ3n) is 3.36. The van der Waals surface area contributed by atoms with Gasteiger partial charge in [-0.15, -0.1) is 0 Å². The molecule has 0 aliphatic rings. The number of rotatable bonds is 3. The number of nitrogens with zero attached hydrogens (tertiary/aromatic N) is 3. The molecule has 0 amide bonds. The zero-order valence-corrected chi connectivity index (χ0v) is 14.0. The van der Waals surface area contributed by atoms with Crippen LogP contribution in [-0.2, 0) is 13.6 Å². The summed E-state index contributed by atoms with van der Waals surface area (Å²) in [7, 11) is 1.90. The summed E-state index contributed by atoms with van der Waals surface area (Å²) < 4.78 is 2.79. The molecule has 0 spiro atoms. The van der Waals surface area contributed by atoms with Crippen molar-refractivity contribution in [2.75, 3.05) is 5.32 Å². The topological polar surface area (TPSA) is 42.7 Å². The Kier molecular flexibility index (Phi) is 3.87. The highest BCUT2D eigenvalue weighted by molar-refractivity contribution is 9.10. The molecule has 2 heterocycles. The zero-order valence-electron chi connectivity index (χ0n) is 11.7. The Morgan fingerprint density at radius 2 is 2.14 bits per heavy atom. The van der Waals surface area contributed by atoms with E-state index in [0.29, 0.717) is 6.54 Å². The summed E-state index contributed by atoms with van der Waals surface area (Å²) in [5.41, 5.74) is 3.99. The molecule has 1 aromatic carbocycles. The highest BCUT2D eigenvalue weighted by atomic mass is 79.9. The number of hydrogen-bond acceptors (Lipinski definition) is 3. The van der Waals surface area contributed by atoms with E-state index < -0.39 is 0 Å². The summed E-state index contributed by atoms with van der Waals surface area (Å²) in [5.74, 6) is 0. The van der Waals surface area contributed by atoms with E-state index in [9.17, 15) is 0 Å². The Hall–Kier alpha value is -1.59. The molecule has 2 aromatic heterocycles. The van der Waals surface area contributed by atoms with Crippen molar-refractivity contribution >= 4 is 44.3 Å². The Bertz CT molecular complexity index is 813. The largest absolute Gasteiger partial charge is 0.380 e. The van der Waals surface area contributed by atoms with Crippen molar-refractivity contribution in [3.05, 3.63) is 51.2 Å². The molecule has 4 nitrogen and oxygen atoms in total. The summed E-state index contributed by atoms with van der Waals surface area (Å²) in [5, 5.41) is 9.54. The van der Waals surface area contributed by atoms with Crippen molar-refractivity contribution in [3.8, 4) is 0 Å². The fraction of sp³-hybridized carbons (Fsp3) is 0.200. The summed E-state index contributed by atoms with van der Waals surface area (Å²) in [6, 6.07) is 7.86. The number of anilines is 1. The minimum Gasteiger partial charge on any atom is -0.380 e. The predicted octanol–water partition coefficient (Wildman–Crippen LogP) is 4.30. The Balaban J connectivity index is 1.83. The van der Waals surface area contributed by atoms with E-state index in [0.717, 1.165) is 37.5 Å². The van der Waals surface area contributed by atoms with E-state index in [1.165, 1.54) is 0 Å². The maximum absolute atomic E-state index is 5.95. The van der Waals surface area contributed by atoms with Crippen LogP contribution in [0.5, 0.6) is 0 Å². The quantitative estimate of drug-likeness (QED) is 0.752. The lowest BCUT2D eigenvalue weighted by Gasteiger charge is -2.08. The second-order valence-corrected chi connectivity index (χ2v) is 6.18. The maximum atomic E-state index is 5.95. The molecule has 21 heavy (non-hydrogen) atoms. The number of aryl methyl sites for hydroxylation is 2. The van der Waals surface area contributed by atoms with Gasteiger partial charge in [-0.25, -0.2) is 4.98 Å². The monoisotopic (exact) mass is 364 g/mol. The molecule has 0 unspecified atom stereocenters. The van der Waals surface area contributed by atoms with E-state index in [2.05, 4.69) is 37.4 Å².